The number of aromatic nitrogens is 1. The maximum absolute atomic E-state index is 12.5. The smallest absolute Gasteiger partial charge is 0.242 e. The predicted molar refractivity (Wildman–Crippen MR) is 107 cm³/mol. The number of sulfone groups is 1. The Balaban J connectivity index is 1.41. The quantitative estimate of drug-likeness (QED) is 0.642. The fourth-order valence-electron chi connectivity index (χ4n) is 3.44. The van der Waals surface area contributed by atoms with Crippen LogP contribution < -0.4 is 4.90 Å². The van der Waals surface area contributed by atoms with Crippen LogP contribution in [0.1, 0.15) is 12.8 Å². The van der Waals surface area contributed by atoms with Crippen LogP contribution in [-0.4, -0.2) is 79.9 Å². The molecule has 2 fully saturated rings. The molecule has 3 heterocycles. The van der Waals surface area contributed by atoms with Crippen molar-refractivity contribution in [3.63, 3.8) is 0 Å². The number of amides is 3. The highest BCUT2D eigenvalue weighted by Gasteiger charge is 2.32. The first-order chi connectivity index (χ1) is 13.7. The Morgan fingerprint density at radius 2 is 1.76 bits per heavy atom. The van der Waals surface area contributed by atoms with E-state index in [1.165, 1.54) is 17.6 Å². The number of thiazole rings is 1. The Kier molecular flexibility index (Phi) is 5.03. The Labute approximate surface area is 171 Å². The van der Waals surface area contributed by atoms with Gasteiger partial charge in [0.25, 0.3) is 0 Å². The molecule has 1 aromatic heterocycles. The summed E-state index contributed by atoms with van der Waals surface area (Å²) in [4.78, 5) is 45.4. The van der Waals surface area contributed by atoms with Crippen LogP contribution in [0.15, 0.2) is 23.1 Å². The molecule has 0 saturated carbocycles. The van der Waals surface area contributed by atoms with Crippen molar-refractivity contribution in [3.8, 4) is 0 Å². The molecule has 11 heteroatoms. The van der Waals surface area contributed by atoms with Crippen LogP contribution in [0.25, 0.3) is 10.2 Å². The highest BCUT2D eigenvalue weighted by atomic mass is 32.2. The topological polar surface area (TPSA) is 108 Å². The molecule has 0 atom stereocenters. The minimum absolute atomic E-state index is 0.179. The summed E-state index contributed by atoms with van der Waals surface area (Å²) in [7, 11) is -3.28. The van der Waals surface area contributed by atoms with Gasteiger partial charge in [0.05, 0.1) is 15.1 Å². The zero-order chi connectivity index (χ0) is 20.8. The first kappa shape index (κ1) is 19.8. The van der Waals surface area contributed by atoms with Crippen LogP contribution in [0.3, 0.4) is 0 Å². The number of carbonyl (C=O) groups excluding carboxylic acids is 3. The number of hydrogen-bond donors (Lipinski definition) is 0. The molecule has 9 nitrogen and oxygen atoms in total. The van der Waals surface area contributed by atoms with Crippen molar-refractivity contribution in [2.24, 2.45) is 0 Å². The molecule has 0 bridgehead atoms. The van der Waals surface area contributed by atoms with Crippen molar-refractivity contribution in [1.82, 2.24) is 14.8 Å². The summed E-state index contributed by atoms with van der Waals surface area (Å²) in [6, 6.07) is 4.89. The van der Waals surface area contributed by atoms with Crippen molar-refractivity contribution >= 4 is 54.2 Å². The zero-order valence-electron chi connectivity index (χ0n) is 15.8. The van der Waals surface area contributed by atoms with Gasteiger partial charge in [0.2, 0.25) is 17.7 Å². The molecule has 2 aromatic rings. The fourth-order valence-corrected chi connectivity index (χ4v) is 5.22. The number of likely N-dealkylation sites (tertiary alicyclic amines) is 1. The van der Waals surface area contributed by atoms with Crippen molar-refractivity contribution < 1.29 is 22.8 Å². The van der Waals surface area contributed by atoms with Gasteiger partial charge in [-0.15, -0.1) is 0 Å². The summed E-state index contributed by atoms with van der Waals surface area (Å²) in [6.07, 6.45) is 1.53. The van der Waals surface area contributed by atoms with Gasteiger partial charge in [-0.3, -0.25) is 19.3 Å². The molecule has 29 heavy (non-hydrogen) atoms. The fraction of sp³-hybridized carbons (Fsp3) is 0.444. The number of fused-ring (bicyclic) bond motifs is 1. The standard InChI is InChI=1S/C18H20N4O5S2/c1-29(26,27)12-2-3-13-14(10-12)28-18(19-13)21-8-6-20(7-9-21)17(25)11-22-15(23)4-5-16(22)24/h2-3,10H,4-9,11H2,1H3. The van der Waals surface area contributed by atoms with Gasteiger partial charge in [0.1, 0.15) is 6.54 Å². The average Bonchev–Trinajstić information content (AvgIpc) is 3.25. The van der Waals surface area contributed by atoms with Gasteiger partial charge in [-0.2, -0.15) is 0 Å². The highest BCUT2D eigenvalue weighted by molar-refractivity contribution is 7.90. The summed E-state index contributed by atoms with van der Waals surface area (Å²) in [5.41, 5.74) is 0.738. The Morgan fingerprint density at radius 3 is 2.38 bits per heavy atom. The van der Waals surface area contributed by atoms with Gasteiger partial charge in [0.15, 0.2) is 15.0 Å². The normalized spacial score (nSPS) is 18.2. The molecule has 1 aromatic carbocycles. The number of imide groups is 1. The molecule has 4 rings (SSSR count). The third kappa shape index (κ3) is 3.97. The van der Waals surface area contributed by atoms with E-state index in [1.54, 1.807) is 23.1 Å². The van der Waals surface area contributed by atoms with Crippen molar-refractivity contribution in [3.05, 3.63) is 18.2 Å². The molecule has 0 aliphatic carbocycles. The Morgan fingerprint density at radius 1 is 1.10 bits per heavy atom. The summed E-state index contributed by atoms with van der Waals surface area (Å²) in [5, 5.41) is 0.780. The van der Waals surface area contributed by atoms with E-state index in [-0.39, 0.29) is 42.0 Å². The first-order valence-electron chi connectivity index (χ1n) is 9.19. The van der Waals surface area contributed by atoms with Gasteiger partial charge < -0.3 is 9.80 Å². The lowest BCUT2D eigenvalue weighted by atomic mass is 10.3. The largest absolute Gasteiger partial charge is 0.345 e. The highest BCUT2D eigenvalue weighted by Crippen LogP contribution is 2.31. The minimum atomic E-state index is -3.28. The van der Waals surface area contributed by atoms with Crippen LogP contribution in [0.4, 0.5) is 5.13 Å². The molecular weight excluding hydrogens is 416 g/mol. The second kappa shape index (κ2) is 7.38. The molecule has 0 N–H and O–H groups in total. The van der Waals surface area contributed by atoms with Gasteiger partial charge in [-0.25, -0.2) is 13.4 Å². The molecule has 0 spiro atoms. The Hall–Kier alpha value is -2.53. The number of nitrogens with zero attached hydrogens (tertiary/aromatic N) is 4. The molecule has 154 valence electrons. The van der Waals surface area contributed by atoms with Crippen LogP contribution in [0, 0.1) is 0 Å². The zero-order valence-corrected chi connectivity index (χ0v) is 17.5. The average molecular weight is 437 g/mol. The van der Waals surface area contributed by atoms with E-state index in [1.807, 2.05) is 0 Å². The maximum Gasteiger partial charge on any atom is 0.242 e. The van der Waals surface area contributed by atoms with Crippen LogP contribution in [0.5, 0.6) is 0 Å². The van der Waals surface area contributed by atoms with Gasteiger partial charge in [-0.1, -0.05) is 11.3 Å². The summed E-state index contributed by atoms with van der Waals surface area (Å²) < 4.78 is 24.3. The lowest BCUT2D eigenvalue weighted by molar-refractivity contribution is -0.145. The van der Waals surface area contributed by atoms with Crippen LogP contribution >= 0.6 is 11.3 Å². The second-order valence-electron chi connectivity index (χ2n) is 7.14. The number of benzene rings is 1. The van der Waals surface area contributed by atoms with Gasteiger partial charge in [0, 0.05) is 45.3 Å². The molecular formula is C18H20N4O5S2. The van der Waals surface area contributed by atoms with E-state index >= 15 is 0 Å². The summed E-state index contributed by atoms with van der Waals surface area (Å²) in [6.45, 7) is 1.91. The Bertz CT molecular complexity index is 1090. The van der Waals surface area contributed by atoms with Crippen molar-refractivity contribution in [2.45, 2.75) is 17.7 Å². The monoisotopic (exact) mass is 436 g/mol. The number of carbonyl (C=O) groups is 3. The van der Waals surface area contributed by atoms with E-state index in [0.29, 0.717) is 26.2 Å². The SMILES string of the molecule is CS(=O)(=O)c1ccc2nc(N3CCN(C(=O)CN4C(=O)CCC4=O)CC3)sc2c1. The molecule has 2 aliphatic heterocycles. The second-order valence-corrected chi connectivity index (χ2v) is 10.2. The van der Waals surface area contributed by atoms with Crippen molar-refractivity contribution in [2.75, 3.05) is 43.9 Å². The van der Waals surface area contributed by atoms with Crippen molar-refractivity contribution in [1.29, 1.82) is 0 Å². The number of rotatable bonds is 4. The lowest BCUT2D eigenvalue weighted by Gasteiger charge is -2.35. The van der Waals surface area contributed by atoms with E-state index in [4.69, 9.17) is 0 Å². The van der Waals surface area contributed by atoms with E-state index in [9.17, 15) is 22.8 Å². The predicted octanol–water partition coefficient (Wildman–Crippen LogP) is 0.497. The molecule has 3 amide bonds. The lowest BCUT2D eigenvalue weighted by Crippen LogP contribution is -2.51. The number of piperazine rings is 1. The number of anilines is 1. The van der Waals surface area contributed by atoms with E-state index in [2.05, 4.69) is 9.88 Å². The number of hydrogen-bond acceptors (Lipinski definition) is 8. The van der Waals surface area contributed by atoms with Crippen LogP contribution in [-0.2, 0) is 24.2 Å². The first-order valence-corrected chi connectivity index (χ1v) is 11.9. The molecule has 2 aliphatic rings. The van der Waals surface area contributed by atoms with Gasteiger partial charge >= 0.3 is 0 Å². The molecule has 2 saturated heterocycles. The minimum Gasteiger partial charge on any atom is -0.345 e. The van der Waals surface area contributed by atoms with E-state index < -0.39 is 9.84 Å². The maximum atomic E-state index is 12.5. The molecule has 0 unspecified atom stereocenters. The van der Waals surface area contributed by atoms with Gasteiger partial charge in [-0.05, 0) is 18.2 Å². The third-order valence-electron chi connectivity index (χ3n) is 5.13. The summed E-state index contributed by atoms with van der Waals surface area (Å²) in [5.74, 6) is -0.801. The molecule has 0 radical (unpaired) electrons. The van der Waals surface area contributed by atoms with Crippen LogP contribution in [0.2, 0.25) is 0 Å². The summed E-state index contributed by atoms with van der Waals surface area (Å²) >= 11 is 1.42. The van der Waals surface area contributed by atoms with E-state index in [0.717, 1.165) is 20.2 Å². The third-order valence-corrected chi connectivity index (χ3v) is 7.32.